The van der Waals surface area contributed by atoms with Gasteiger partial charge in [0.05, 0.1) is 34.4 Å². The number of para-hydroxylation sites is 1. The lowest BCUT2D eigenvalue weighted by Crippen LogP contribution is -3.05. The second-order valence-electron chi connectivity index (χ2n) is 4.55. The van der Waals surface area contributed by atoms with Crippen LogP contribution in [0.25, 0.3) is 6.08 Å². The van der Waals surface area contributed by atoms with E-state index in [-0.39, 0.29) is 5.97 Å². The van der Waals surface area contributed by atoms with Gasteiger partial charge in [-0.3, -0.25) is 0 Å². The van der Waals surface area contributed by atoms with E-state index in [4.69, 9.17) is 9.47 Å². The van der Waals surface area contributed by atoms with Gasteiger partial charge in [-0.15, -0.1) is 0 Å². The van der Waals surface area contributed by atoms with E-state index in [1.54, 1.807) is 13.2 Å². The van der Waals surface area contributed by atoms with Crippen LogP contribution in [0.1, 0.15) is 12.0 Å². The number of esters is 1. The van der Waals surface area contributed by atoms with Gasteiger partial charge in [0.15, 0.2) is 0 Å². The van der Waals surface area contributed by atoms with E-state index in [1.807, 2.05) is 24.3 Å². The molecule has 0 amide bonds. The smallest absolute Gasteiger partial charge is 0.330 e. The number of nitrogens with one attached hydrogen (secondary N) is 1. The number of hydrogen-bond donors (Lipinski definition) is 1. The van der Waals surface area contributed by atoms with Gasteiger partial charge in [-0.05, 0) is 12.1 Å². The Morgan fingerprint density at radius 1 is 1.32 bits per heavy atom. The van der Waals surface area contributed by atoms with Crippen LogP contribution in [0.15, 0.2) is 30.3 Å². The van der Waals surface area contributed by atoms with Crippen LogP contribution in [0.3, 0.4) is 0 Å². The number of benzene rings is 1. The minimum atomic E-state index is -0.320. The Morgan fingerprint density at radius 3 is 2.74 bits per heavy atom. The average Bonchev–Trinajstić information content (AvgIpc) is 2.41. The molecule has 0 radical (unpaired) electrons. The molecule has 0 aliphatic carbocycles. The van der Waals surface area contributed by atoms with Crippen LogP contribution in [0, 0.1) is 0 Å². The Hall–Kier alpha value is -1.81. The fourth-order valence-electron chi connectivity index (χ4n) is 1.61. The highest BCUT2D eigenvalue weighted by atomic mass is 16.5. The maximum atomic E-state index is 11.5. The Bertz CT molecular complexity index is 427. The summed E-state index contributed by atoms with van der Waals surface area (Å²) in [5.74, 6) is 0.419. The maximum Gasteiger partial charge on any atom is 0.330 e. The Labute approximate surface area is 114 Å². The fraction of sp³-hybridized carbons (Fsp3) is 0.400. The van der Waals surface area contributed by atoms with Crippen molar-refractivity contribution in [3.05, 3.63) is 35.9 Å². The summed E-state index contributed by atoms with van der Waals surface area (Å²) in [5.41, 5.74) is 0.861. The SMILES string of the molecule is COc1ccccc1C=CC(=O)OCCC[NH+](C)C. The topological polar surface area (TPSA) is 40.0 Å². The molecule has 1 aromatic carbocycles. The molecule has 0 atom stereocenters. The summed E-state index contributed by atoms with van der Waals surface area (Å²) in [7, 11) is 5.75. The predicted octanol–water partition coefficient (Wildman–Crippen LogP) is 0.786. The minimum Gasteiger partial charge on any atom is -0.496 e. The predicted molar refractivity (Wildman–Crippen MR) is 75.3 cm³/mol. The van der Waals surface area contributed by atoms with Gasteiger partial charge in [0.1, 0.15) is 5.75 Å². The lowest BCUT2D eigenvalue weighted by Gasteiger charge is -2.06. The second-order valence-corrected chi connectivity index (χ2v) is 4.55. The molecular formula is C15H22NO3+. The fourth-order valence-corrected chi connectivity index (χ4v) is 1.61. The van der Waals surface area contributed by atoms with Gasteiger partial charge in [0, 0.05) is 18.1 Å². The van der Waals surface area contributed by atoms with Crippen molar-refractivity contribution >= 4 is 12.0 Å². The standard InChI is InChI=1S/C15H21NO3/c1-16(2)11-6-12-19-15(17)10-9-13-7-4-5-8-14(13)18-3/h4-5,7-10H,6,11-12H2,1-3H3/p+1. The number of ether oxygens (including phenoxy) is 2. The lowest BCUT2D eigenvalue weighted by molar-refractivity contribution is -0.858. The number of hydrogen-bond acceptors (Lipinski definition) is 3. The van der Waals surface area contributed by atoms with Gasteiger partial charge >= 0.3 is 5.97 Å². The molecule has 0 fully saturated rings. The Kier molecular flexibility index (Phi) is 6.68. The largest absolute Gasteiger partial charge is 0.496 e. The summed E-state index contributed by atoms with van der Waals surface area (Å²) in [6.45, 7) is 1.45. The molecule has 0 unspecified atom stereocenters. The minimum absolute atomic E-state index is 0.320. The molecule has 1 N–H and O–H groups in total. The molecule has 0 spiro atoms. The molecule has 0 heterocycles. The van der Waals surface area contributed by atoms with Crippen LogP contribution in [0.5, 0.6) is 5.75 Å². The van der Waals surface area contributed by atoms with Crippen molar-refractivity contribution < 1.29 is 19.2 Å². The maximum absolute atomic E-state index is 11.5. The molecule has 0 saturated carbocycles. The number of methoxy groups -OCH3 is 1. The van der Waals surface area contributed by atoms with Crippen LogP contribution in [0.2, 0.25) is 0 Å². The number of rotatable bonds is 7. The highest BCUT2D eigenvalue weighted by molar-refractivity contribution is 5.87. The number of carbonyl (C=O) groups is 1. The van der Waals surface area contributed by atoms with Crippen molar-refractivity contribution in [3.63, 3.8) is 0 Å². The van der Waals surface area contributed by atoms with Crippen molar-refractivity contribution in [1.29, 1.82) is 0 Å². The van der Waals surface area contributed by atoms with Crippen molar-refractivity contribution in [1.82, 2.24) is 0 Å². The molecule has 0 aliphatic heterocycles. The van der Waals surface area contributed by atoms with E-state index in [1.165, 1.54) is 11.0 Å². The van der Waals surface area contributed by atoms with Crippen LogP contribution in [-0.2, 0) is 9.53 Å². The van der Waals surface area contributed by atoms with Gasteiger partial charge in [0.2, 0.25) is 0 Å². The zero-order valence-electron chi connectivity index (χ0n) is 11.8. The van der Waals surface area contributed by atoms with Crippen molar-refractivity contribution in [2.75, 3.05) is 34.4 Å². The Balaban J connectivity index is 2.41. The first-order chi connectivity index (χ1) is 9.13. The second kappa shape index (κ2) is 8.32. The molecule has 1 rings (SSSR count). The van der Waals surface area contributed by atoms with Gasteiger partial charge < -0.3 is 14.4 Å². The molecule has 104 valence electrons. The van der Waals surface area contributed by atoms with E-state index in [2.05, 4.69) is 14.1 Å². The van der Waals surface area contributed by atoms with E-state index >= 15 is 0 Å². The lowest BCUT2D eigenvalue weighted by atomic mass is 10.2. The summed E-state index contributed by atoms with van der Waals surface area (Å²) >= 11 is 0. The van der Waals surface area contributed by atoms with Gasteiger partial charge in [-0.2, -0.15) is 0 Å². The first-order valence-electron chi connectivity index (χ1n) is 6.40. The molecule has 4 heteroatoms. The molecule has 0 bridgehead atoms. The zero-order chi connectivity index (χ0) is 14.1. The third kappa shape index (κ3) is 6.06. The quantitative estimate of drug-likeness (QED) is 0.449. The average molecular weight is 264 g/mol. The number of quaternary nitrogens is 1. The number of carbonyl (C=O) groups excluding carboxylic acids is 1. The zero-order valence-corrected chi connectivity index (χ0v) is 11.8. The van der Waals surface area contributed by atoms with Crippen molar-refractivity contribution in [3.8, 4) is 5.75 Å². The first kappa shape index (κ1) is 15.2. The molecule has 0 aromatic heterocycles. The van der Waals surface area contributed by atoms with E-state index < -0.39 is 0 Å². The third-order valence-electron chi connectivity index (χ3n) is 2.60. The highest BCUT2D eigenvalue weighted by Crippen LogP contribution is 2.18. The first-order valence-corrected chi connectivity index (χ1v) is 6.40. The van der Waals surface area contributed by atoms with E-state index in [0.29, 0.717) is 6.61 Å². The third-order valence-corrected chi connectivity index (χ3v) is 2.60. The van der Waals surface area contributed by atoms with Crippen LogP contribution in [0.4, 0.5) is 0 Å². The van der Waals surface area contributed by atoms with Gasteiger partial charge in [-0.1, -0.05) is 18.2 Å². The van der Waals surface area contributed by atoms with E-state index in [9.17, 15) is 4.79 Å². The van der Waals surface area contributed by atoms with Crippen molar-refractivity contribution in [2.45, 2.75) is 6.42 Å². The monoisotopic (exact) mass is 264 g/mol. The van der Waals surface area contributed by atoms with Gasteiger partial charge in [-0.25, -0.2) is 4.79 Å². The van der Waals surface area contributed by atoms with Crippen LogP contribution >= 0.6 is 0 Å². The molecule has 0 aliphatic rings. The van der Waals surface area contributed by atoms with Gasteiger partial charge in [0.25, 0.3) is 0 Å². The van der Waals surface area contributed by atoms with Crippen LogP contribution < -0.4 is 9.64 Å². The molecule has 19 heavy (non-hydrogen) atoms. The molecule has 1 aromatic rings. The van der Waals surface area contributed by atoms with Crippen molar-refractivity contribution in [2.24, 2.45) is 0 Å². The molecule has 0 saturated heterocycles. The van der Waals surface area contributed by atoms with E-state index in [0.717, 1.165) is 24.3 Å². The summed E-state index contributed by atoms with van der Waals surface area (Å²) in [6.07, 6.45) is 4.01. The van der Waals surface area contributed by atoms with Crippen LogP contribution in [-0.4, -0.2) is 40.3 Å². The highest BCUT2D eigenvalue weighted by Gasteiger charge is 2.01. The summed E-state index contributed by atoms with van der Waals surface area (Å²) in [5, 5.41) is 0. The summed E-state index contributed by atoms with van der Waals surface area (Å²) in [6, 6.07) is 7.52. The summed E-state index contributed by atoms with van der Waals surface area (Å²) in [4.78, 5) is 12.9. The normalized spacial score (nSPS) is 10.9. The molecule has 4 nitrogen and oxygen atoms in total. The molecular weight excluding hydrogens is 242 g/mol. The Morgan fingerprint density at radius 2 is 2.05 bits per heavy atom. The summed E-state index contributed by atoms with van der Waals surface area (Å²) < 4.78 is 10.3.